The van der Waals surface area contributed by atoms with Gasteiger partial charge in [0.25, 0.3) is 5.56 Å². The molecule has 1 aliphatic rings. The number of aryl methyl sites for hydroxylation is 1. The number of alkyl halides is 3. The van der Waals surface area contributed by atoms with E-state index in [2.05, 4.69) is 20.1 Å². The standard InChI is InChI=1S/C20H17F3N6O2S/c1-10-7-31-8-14(10)29-9-25-17-12(18(29)30)3-13(15-5-24-19(32-15)20(21,22)23)27-16(17)11-4-26-28(2)6-11/h3-6,9-10,14H,7-8H2,1-2H3/t10-,14-/m1/s1. The lowest BCUT2D eigenvalue weighted by molar-refractivity contribution is -0.137. The van der Waals surface area contributed by atoms with Crippen molar-refractivity contribution in [2.45, 2.75) is 19.1 Å². The molecule has 12 heteroatoms. The fourth-order valence-corrected chi connectivity index (χ4v) is 4.52. The van der Waals surface area contributed by atoms with Gasteiger partial charge in [0, 0.05) is 30.9 Å². The van der Waals surface area contributed by atoms with Crippen molar-refractivity contribution in [2.75, 3.05) is 13.2 Å². The zero-order valence-electron chi connectivity index (χ0n) is 17.0. The molecule has 166 valence electrons. The van der Waals surface area contributed by atoms with E-state index in [1.54, 1.807) is 24.1 Å². The van der Waals surface area contributed by atoms with E-state index in [1.165, 1.54) is 17.0 Å². The van der Waals surface area contributed by atoms with Crippen molar-refractivity contribution in [1.82, 2.24) is 29.3 Å². The van der Waals surface area contributed by atoms with E-state index < -0.39 is 11.2 Å². The van der Waals surface area contributed by atoms with Crippen molar-refractivity contribution in [2.24, 2.45) is 13.0 Å². The summed E-state index contributed by atoms with van der Waals surface area (Å²) in [6.45, 7) is 2.92. The number of nitrogens with zero attached hydrogens (tertiary/aromatic N) is 6. The Morgan fingerprint density at radius 2 is 2.03 bits per heavy atom. The number of ether oxygens (including phenoxy) is 1. The summed E-state index contributed by atoms with van der Waals surface area (Å²) in [5.74, 6) is 0.127. The molecule has 8 nitrogen and oxygen atoms in total. The lowest BCUT2D eigenvalue weighted by Crippen LogP contribution is -2.28. The van der Waals surface area contributed by atoms with E-state index in [4.69, 9.17) is 4.74 Å². The molecule has 1 saturated heterocycles. The Balaban J connectivity index is 1.75. The molecule has 2 atom stereocenters. The van der Waals surface area contributed by atoms with Crippen LogP contribution in [0.2, 0.25) is 0 Å². The first kappa shape index (κ1) is 20.8. The first-order valence-electron chi connectivity index (χ1n) is 9.74. The number of rotatable bonds is 3. The minimum atomic E-state index is -4.56. The molecule has 1 aliphatic heterocycles. The van der Waals surface area contributed by atoms with Gasteiger partial charge >= 0.3 is 6.18 Å². The van der Waals surface area contributed by atoms with Gasteiger partial charge in [-0.1, -0.05) is 6.92 Å². The number of fused-ring (bicyclic) bond motifs is 1. The molecule has 0 N–H and O–H groups in total. The van der Waals surface area contributed by atoms with Crippen LogP contribution in [-0.4, -0.2) is 42.5 Å². The minimum Gasteiger partial charge on any atom is -0.379 e. The van der Waals surface area contributed by atoms with E-state index in [0.29, 0.717) is 41.3 Å². The maximum atomic E-state index is 13.4. The second-order valence-corrected chi connectivity index (χ2v) is 8.75. The highest BCUT2D eigenvalue weighted by Crippen LogP contribution is 2.37. The van der Waals surface area contributed by atoms with Crippen LogP contribution in [0.25, 0.3) is 32.7 Å². The number of thiazole rings is 1. The molecule has 0 radical (unpaired) electrons. The number of hydrogen-bond acceptors (Lipinski definition) is 7. The van der Waals surface area contributed by atoms with Gasteiger partial charge in [0.1, 0.15) is 11.2 Å². The molecule has 0 unspecified atom stereocenters. The summed E-state index contributed by atoms with van der Waals surface area (Å²) < 4.78 is 47.8. The summed E-state index contributed by atoms with van der Waals surface area (Å²) in [5, 5.41) is 3.43. The SMILES string of the molecule is C[C@@H]1COC[C@H]1n1cnc2c(-c3cnn(C)c3)nc(-c3cnc(C(F)(F)F)s3)cc2c1=O. The fraction of sp³-hybridized carbons (Fsp3) is 0.350. The molecule has 1 fully saturated rings. The van der Waals surface area contributed by atoms with Crippen molar-refractivity contribution in [3.8, 4) is 21.8 Å². The van der Waals surface area contributed by atoms with Crippen LogP contribution in [0.4, 0.5) is 13.2 Å². The van der Waals surface area contributed by atoms with Crippen molar-refractivity contribution >= 4 is 22.2 Å². The monoisotopic (exact) mass is 462 g/mol. The van der Waals surface area contributed by atoms with Crippen molar-refractivity contribution < 1.29 is 17.9 Å². The van der Waals surface area contributed by atoms with Crippen molar-refractivity contribution in [1.29, 1.82) is 0 Å². The Bertz CT molecular complexity index is 1380. The molecule has 32 heavy (non-hydrogen) atoms. The summed E-state index contributed by atoms with van der Waals surface area (Å²) in [7, 11) is 1.73. The van der Waals surface area contributed by atoms with Crippen LogP contribution in [0.3, 0.4) is 0 Å². The zero-order chi connectivity index (χ0) is 22.6. The predicted octanol–water partition coefficient (Wildman–Crippen LogP) is 3.54. The Kier molecular flexibility index (Phi) is 4.86. The third-order valence-corrected chi connectivity index (χ3v) is 6.50. The van der Waals surface area contributed by atoms with Crippen molar-refractivity contribution in [3.05, 3.63) is 46.3 Å². The van der Waals surface area contributed by atoms with Gasteiger partial charge in [0.2, 0.25) is 0 Å². The van der Waals surface area contributed by atoms with Gasteiger partial charge in [-0.05, 0) is 6.07 Å². The first-order chi connectivity index (χ1) is 15.2. The van der Waals surface area contributed by atoms with E-state index in [-0.39, 0.29) is 33.5 Å². The molecule has 4 aromatic rings. The van der Waals surface area contributed by atoms with Gasteiger partial charge in [-0.25, -0.2) is 15.0 Å². The Morgan fingerprint density at radius 1 is 1.22 bits per heavy atom. The number of pyridine rings is 1. The Hall–Kier alpha value is -3.12. The van der Waals surface area contributed by atoms with E-state index >= 15 is 0 Å². The highest BCUT2D eigenvalue weighted by molar-refractivity contribution is 7.15. The second kappa shape index (κ2) is 7.48. The molecule has 0 aromatic carbocycles. The first-order valence-corrected chi connectivity index (χ1v) is 10.6. The summed E-state index contributed by atoms with van der Waals surface area (Å²) in [6.07, 6.45) is 1.32. The van der Waals surface area contributed by atoms with E-state index in [9.17, 15) is 18.0 Å². The molecule has 5 heterocycles. The van der Waals surface area contributed by atoms with Crippen LogP contribution in [-0.2, 0) is 18.0 Å². The van der Waals surface area contributed by atoms with Crippen molar-refractivity contribution in [3.63, 3.8) is 0 Å². The molecular weight excluding hydrogens is 445 g/mol. The molecular formula is C20H17F3N6O2S. The van der Waals surface area contributed by atoms with Gasteiger partial charge in [0.15, 0.2) is 5.01 Å². The third-order valence-electron chi connectivity index (χ3n) is 5.43. The largest absolute Gasteiger partial charge is 0.443 e. The molecule has 0 bridgehead atoms. The summed E-state index contributed by atoms with van der Waals surface area (Å²) >= 11 is 0.478. The quantitative estimate of drug-likeness (QED) is 0.463. The maximum Gasteiger partial charge on any atom is 0.443 e. The third kappa shape index (κ3) is 3.48. The fourth-order valence-electron chi connectivity index (χ4n) is 3.78. The maximum absolute atomic E-state index is 13.4. The van der Waals surface area contributed by atoms with Crippen LogP contribution < -0.4 is 5.56 Å². The second-order valence-electron chi connectivity index (χ2n) is 7.72. The van der Waals surface area contributed by atoms with Gasteiger partial charge < -0.3 is 4.74 Å². The van der Waals surface area contributed by atoms with E-state index in [0.717, 1.165) is 6.20 Å². The van der Waals surface area contributed by atoms with Crippen LogP contribution in [0.1, 0.15) is 18.0 Å². The normalized spacial score (nSPS) is 19.2. The van der Waals surface area contributed by atoms with Gasteiger partial charge in [0.05, 0.1) is 47.7 Å². The number of hydrogen-bond donors (Lipinski definition) is 0. The van der Waals surface area contributed by atoms with Crippen LogP contribution in [0.15, 0.2) is 35.8 Å². The van der Waals surface area contributed by atoms with Crippen LogP contribution >= 0.6 is 11.3 Å². The smallest absolute Gasteiger partial charge is 0.379 e. The Morgan fingerprint density at radius 3 is 2.66 bits per heavy atom. The number of halogens is 3. The van der Waals surface area contributed by atoms with Crippen LogP contribution in [0, 0.1) is 5.92 Å². The topological polar surface area (TPSA) is 87.7 Å². The highest BCUT2D eigenvalue weighted by atomic mass is 32.1. The molecule has 4 aromatic heterocycles. The lowest BCUT2D eigenvalue weighted by atomic mass is 10.1. The molecule has 0 spiro atoms. The van der Waals surface area contributed by atoms with Gasteiger partial charge in [-0.2, -0.15) is 18.3 Å². The predicted molar refractivity (Wildman–Crippen MR) is 111 cm³/mol. The summed E-state index contributed by atoms with van der Waals surface area (Å²) in [4.78, 5) is 26.2. The Labute approximate surface area is 183 Å². The summed E-state index contributed by atoms with van der Waals surface area (Å²) in [6, 6.07) is 1.31. The summed E-state index contributed by atoms with van der Waals surface area (Å²) in [5.41, 5.74) is 1.24. The van der Waals surface area contributed by atoms with Gasteiger partial charge in [-0.15, -0.1) is 11.3 Å². The molecule has 0 aliphatic carbocycles. The zero-order valence-corrected chi connectivity index (χ0v) is 17.8. The average Bonchev–Trinajstić information content (AvgIpc) is 3.48. The molecule has 0 saturated carbocycles. The van der Waals surface area contributed by atoms with Crippen LogP contribution in [0.5, 0.6) is 0 Å². The van der Waals surface area contributed by atoms with Gasteiger partial charge in [-0.3, -0.25) is 14.0 Å². The lowest BCUT2D eigenvalue weighted by Gasteiger charge is -2.17. The average molecular weight is 462 g/mol. The number of aromatic nitrogens is 6. The van der Waals surface area contributed by atoms with E-state index in [1.807, 2.05) is 6.92 Å². The molecule has 5 rings (SSSR count). The highest BCUT2D eigenvalue weighted by Gasteiger charge is 2.35. The minimum absolute atomic E-state index is 0.127. The molecule has 0 amide bonds.